The smallest absolute Gasteiger partial charge is 0.308 e. The number of piperazine rings is 1. The molecule has 0 saturated carbocycles. The summed E-state index contributed by atoms with van der Waals surface area (Å²) >= 11 is 0. The highest BCUT2D eigenvalue weighted by Gasteiger charge is 2.20. The van der Waals surface area contributed by atoms with E-state index in [1.54, 1.807) is 49.4 Å². The van der Waals surface area contributed by atoms with Gasteiger partial charge in [0.05, 0.1) is 18.1 Å². The van der Waals surface area contributed by atoms with Gasteiger partial charge in [0, 0.05) is 55.5 Å². The van der Waals surface area contributed by atoms with Gasteiger partial charge in [-0.25, -0.2) is 9.97 Å². The van der Waals surface area contributed by atoms with E-state index in [1.165, 1.54) is 19.3 Å². The zero-order valence-corrected chi connectivity index (χ0v) is 20.4. The lowest BCUT2D eigenvalue weighted by Crippen LogP contribution is -2.47. The van der Waals surface area contributed by atoms with Crippen LogP contribution in [0.4, 0.5) is 17.3 Å². The van der Waals surface area contributed by atoms with Crippen LogP contribution in [0.1, 0.15) is 33.2 Å². The molecule has 2 N–H and O–H groups in total. The molecule has 2 amide bonds. The first-order valence-corrected chi connectivity index (χ1v) is 11.6. The number of amides is 2. The number of ether oxygens (including phenoxy) is 1. The highest BCUT2D eigenvalue weighted by atomic mass is 16.5. The predicted molar refractivity (Wildman–Crippen MR) is 136 cm³/mol. The molecule has 2 heterocycles. The number of likely N-dealkylation sites (N-methyl/N-ethyl adjacent to an activating group) is 1. The van der Waals surface area contributed by atoms with E-state index < -0.39 is 5.97 Å². The Labute approximate surface area is 209 Å². The number of rotatable bonds is 6. The maximum Gasteiger partial charge on any atom is 0.308 e. The van der Waals surface area contributed by atoms with Crippen molar-refractivity contribution in [1.82, 2.24) is 19.8 Å². The summed E-state index contributed by atoms with van der Waals surface area (Å²) in [4.78, 5) is 49.2. The maximum atomic E-state index is 12.7. The van der Waals surface area contributed by atoms with Gasteiger partial charge in [0.2, 0.25) is 5.95 Å². The van der Waals surface area contributed by atoms with Crippen molar-refractivity contribution < 1.29 is 19.1 Å². The zero-order valence-electron chi connectivity index (χ0n) is 20.4. The third-order valence-corrected chi connectivity index (χ3v) is 5.87. The number of nitrogens with one attached hydrogen (secondary N) is 2. The molecule has 10 nitrogen and oxygen atoms in total. The van der Waals surface area contributed by atoms with Crippen molar-refractivity contribution in [2.75, 3.05) is 43.9 Å². The zero-order chi connectivity index (χ0) is 25.7. The molecule has 1 aliphatic rings. The van der Waals surface area contributed by atoms with Crippen molar-refractivity contribution in [2.24, 2.45) is 0 Å². The minimum absolute atomic E-state index is 0.0274. The van der Waals surface area contributed by atoms with Crippen LogP contribution >= 0.6 is 0 Å². The number of carbonyl (C=O) groups is 3. The second-order valence-corrected chi connectivity index (χ2v) is 8.57. The van der Waals surface area contributed by atoms with Crippen molar-refractivity contribution in [1.29, 1.82) is 0 Å². The molecule has 3 aromatic rings. The Balaban J connectivity index is 1.35. The van der Waals surface area contributed by atoms with Gasteiger partial charge in [-0.05, 0) is 50.4 Å². The van der Waals surface area contributed by atoms with E-state index in [-0.39, 0.29) is 11.8 Å². The Morgan fingerprint density at radius 3 is 2.22 bits per heavy atom. The summed E-state index contributed by atoms with van der Waals surface area (Å²) in [5.41, 5.74) is 2.72. The molecule has 0 bridgehead atoms. The number of hydrogen-bond acceptors (Lipinski definition) is 8. The van der Waals surface area contributed by atoms with Crippen LogP contribution in [0.15, 0.2) is 54.9 Å². The molecule has 1 fully saturated rings. The van der Waals surface area contributed by atoms with Gasteiger partial charge in [-0.3, -0.25) is 14.4 Å². The monoisotopic (exact) mass is 488 g/mol. The molecular formula is C26H28N6O4. The molecule has 0 spiro atoms. The fourth-order valence-electron chi connectivity index (χ4n) is 3.80. The lowest BCUT2D eigenvalue weighted by Gasteiger charge is -2.32. The highest BCUT2D eigenvalue weighted by molar-refractivity contribution is 6.05. The molecule has 0 atom stereocenters. The Hall–Kier alpha value is -4.31. The van der Waals surface area contributed by atoms with Crippen molar-refractivity contribution in [2.45, 2.75) is 13.8 Å². The van der Waals surface area contributed by atoms with Crippen LogP contribution in [0.3, 0.4) is 0 Å². The summed E-state index contributed by atoms with van der Waals surface area (Å²) in [7, 11) is 2.05. The van der Waals surface area contributed by atoms with Crippen molar-refractivity contribution in [3.63, 3.8) is 0 Å². The molecule has 0 aliphatic carbocycles. The molecule has 4 rings (SSSR count). The highest BCUT2D eigenvalue weighted by Crippen LogP contribution is 2.23. The number of benzene rings is 2. The third-order valence-electron chi connectivity index (χ3n) is 5.87. The number of hydrogen-bond donors (Lipinski definition) is 2. The van der Waals surface area contributed by atoms with E-state index in [4.69, 9.17) is 4.74 Å². The first-order valence-electron chi connectivity index (χ1n) is 11.6. The minimum Gasteiger partial charge on any atom is -0.426 e. The minimum atomic E-state index is -0.455. The largest absolute Gasteiger partial charge is 0.426 e. The molecule has 1 saturated heterocycles. The first kappa shape index (κ1) is 24.8. The maximum absolute atomic E-state index is 12.7. The van der Waals surface area contributed by atoms with E-state index >= 15 is 0 Å². The van der Waals surface area contributed by atoms with Crippen molar-refractivity contribution in [3.05, 3.63) is 71.5 Å². The normalized spacial score (nSPS) is 13.7. The SMILES string of the molecule is CC(=O)Oc1cccc(C(=O)Nc2cnc(Nc3ccc(C(=O)N4CCN(C)CC4)cc3)nc2)c1C. The summed E-state index contributed by atoms with van der Waals surface area (Å²) in [5.74, 6) is -0.115. The van der Waals surface area contributed by atoms with Gasteiger partial charge in [0.1, 0.15) is 5.75 Å². The molecular weight excluding hydrogens is 460 g/mol. The molecule has 0 unspecified atom stereocenters. The first-order chi connectivity index (χ1) is 17.3. The van der Waals surface area contributed by atoms with Crippen molar-refractivity contribution in [3.8, 4) is 5.75 Å². The van der Waals surface area contributed by atoms with E-state index in [1.807, 2.05) is 4.90 Å². The standard InChI is InChI=1S/C26H28N6O4/c1-17-22(5-4-6-23(17)36-18(2)33)24(34)29-21-15-27-26(28-16-21)30-20-9-7-19(8-10-20)25(35)32-13-11-31(3)12-14-32/h4-10,15-16H,11-14H2,1-3H3,(H,29,34)(H,27,28,30). The van der Waals surface area contributed by atoms with Gasteiger partial charge in [-0.2, -0.15) is 0 Å². The van der Waals surface area contributed by atoms with Crippen LogP contribution < -0.4 is 15.4 Å². The number of nitrogens with zero attached hydrogens (tertiary/aromatic N) is 4. The molecule has 36 heavy (non-hydrogen) atoms. The van der Waals surface area contributed by atoms with E-state index in [9.17, 15) is 14.4 Å². The number of carbonyl (C=O) groups excluding carboxylic acids is 3. The predicted octanol–water partition coefficient (Wildman–Crippen LogP) is 3.09. The van der Waals surface area contributed by atoms with Crippen LogP contribution in [0.25, 0.3) is 0 Å². The van der Waals surface area contributed by atoms with Gasteiger partial charge >= 0.3 is 5.97 Å². The summed E-state index contributed by atoms with van der Waals surface area (Å²) < 4.78 is 5.14. The molecule has 1 aliphatic heterocycles. The summed E-state index contributed by atoms with van der Waals surface area (Å²) in [6.45, 7) is 6.22. The number of aromatic nitrogens is 2. The number of anilines is 3. The lowest BCUT2D eigenvalue weighted by molar-refractivity contribution is -0.131. The second-order valence-electron chi connectivity index (χ2n) is 8.57. The average molecular weight is 489 g/mol. The van der Waals surface area contributed by atoms with E-state index in [0.717, 1.165) is 31.9 Å². The summed E-state index contributed by atoms with van der Waals surface area (Å²) in [5, 5.41) is 5.83. The topological polar surface area (TPSA) is 117 Å². The van der Waals surface area contributed by atoms with Crippen LogP contribution in [0.2, 0.25) is 0 Å². The van der Waals surface area contributed by atoms with Crippen molar-refractivity contribution >= 4 is 35.1 Å². The molecule has 186 valence electrons. The van der Waals surface area contributed by atoms with Crippen LogP contribution in [0, 0.1) is 6.92 Å². The average Bonchev–Trinajstić information content (AvgIpc) is 2.87. The van der Waals surface area contributed by atoms with Gasteiger partial charge in [-0.15, -0.1) is 0 Å². The summed E-state index contributed by atoms with van der Waals surface area (Å²) in [6.07, 6.45) is 2.98. The Morgan fingerprint density at radius 2 is 1.58 bits per heavy atom. The van der Waals surface area contributed by atoms with E-state index in [2.05, 4.69) is 32.5 Å². The number of esters is 1. The molecule has 2 aromatic carbocycles. The quantitative estimate of drug-likeness (QED) is 0.402. The molecule has 10 heteroatoms. The van der Waals surface area contributed by atoms with Gasteiger partial charge in [-0.1, -0.05) is 6.07 Å². The Bertz CT molecular complexity index is 1250. The Morgan fingerprint density at radius 1 is 0.917 bits per heavy atom. The van der Waals surface area contributed by atoms with Gasteiger partial charge < -0.3 is 25.2 Å². The lowest BCUT2D eigenvalue weighted by atomic mass is 10.1. The van der Waals surface area contributed by atoms with Crippen LogP contribution in [0.5, 0.6) is 5.75 Å². The molecule has 0 radical (unpaired) electrons. The fourth-order valence-corrected chi connectivity index (χ4v) is 3.80. The van der Waals surface area contributed by atoms with Crippen LogP contribution in [-0.2, 0) is 4.79 Å². The Kier molecular flexibility index (Phi) is 7.55. The summed E-state index contributed by atoms with van der Waals surface area (Å²) in [6, 6.07) is 12.1. The van der Waals surface area contributed by atoms with Gasteiger partial charge in [0.15, 0.2) is 0 Å². The second kappa shape index (κ2) is 11.0. The fraction of sp³-hybridized carbons (Fsp3) is 0.269. The molecule has 1 aromatic heterocycles. The van der Waals surface area contributed by atoms with Gasteiger partial charge in [0.25, 0.3) is 11.8 Å². The van der Waals surface area contributed by atoms with E-state index in [0.29, 0.717) is 34.1 Å². The van der Waals surface area contributed by atoms with Crippen LogP contribution in [-0.4, -0.2) is 70.8 Å². The third kappa shape index (κ3) is 6.02.